The van der Waals surface area contributed by atoms with Crippen molar-refractivity contribution in [2.45, 2.75) is 6.92 Å². The molecule has 23 heavy (non-hydrogen) atoms. The molecular weight excluding hydrogens is 290 g/mol. The number of aryl methyl sites for hydroxylation is 1. The fourth-order valence-corrected chi connectivity index (χ4v) is 2.13. The highest BCUT2D eigenvalue weighted by atomic mass is 16.1. The predicted molar refractivity (Wildman–Crippen MR) is 88.8 cm³/mol. The van der Waals surface area contributed by atoms with Gasteiger partial charge in [-0.2, -0.15) is 0 Å². The Bertz CT molecular complexity index is 849. The van der Waals surface area contributed by atoms with Crippen molar-refractivity contribution >= 4 is 17.4 Å². The predicted octanol–water partition coefficient (Wildman–Crippen LogP) is 2.68. The molecule has 0 saturated carbocycles. The van der Waals surface area contributed by atoms with Crippen LogP contribution in [-0.2, 0) is 0 Å². The van der Waals surface area contributed by atoms with Crippen molar-refractivity contribution in [1.82, 2.24) is 15.0 Å². The number of anilines is 2. The van der Waals surface area contributed by atoms with Crippen molar-refractivity contribution in [3.63, 3.8) is 0 Å². The summed E-state index contributed by atoms with van der Waals surface area (Å²) < 4.78 is 0. The van der Waals surface area contributed by atoms with Gasteiger partial charge >= 0.3 is 0 Å². The van der Waals surface area contributed by atoms with Gasteiger partial charge in [-0.1, -0.05) is 12.1 Å². The quantitative estimate of drug-likeness (QED) is 0.776. The SMILES string of the molecule is Cc1cccc(NC(=O)c2cnc(-c3ccncc3)nc2N)c1. The summed E-state index contributed by atoms with van der Waals surface area (Å²) in [5, 5.41) is 2.79. The average Bonchev–Trinajstić information content (AvgIpc) is 2.55. The van der Waals surface area contributed by atoms with Gasteiger partial charge in [-0.05, 0) is 36.8 Å². The molecule has 3 rings (SSSR count). The van der Waals surface area contributed by atoms with Crippen LogP contribution in [0.3, 0.4) is 0 Å². The lowest BCUT2D eigenvalue weighted by atomic mass is 10.2. The number of aromatic nitrogens is 3. The number of hydrogen-bond donors (Lipinski definition) is 2. The molecular formula is C17H15N5O. The minimum Gasteiger partial charge on any atom is -0.383 e. The molecule has 1 aromatic carbocycles. The van der Waals surface area contributed by atoms with Crippen molar-refractivity contribution in [3.8, 4) is 11.4 Å². The number of carbonyl (C=O) groups is 1. The summed E-state index contributed by atoms with van der Waals surface area (Å²) in [6.45, 7) is 1.95. The van der Waals surface area contributed by atoms with E-state index in [9.17, 15) is 4.79 Å². The molecule has 1 amide bonds. The number of nitrogens with two attached hydrogens (primary N) is 1. The molecule has 3 aromatic rings. The van der Waals surface area contributed by atoms with Gasteiger partial charge in [0.2, 0.25) is 0 Å². The van der Waals surface area contributed by atoms with Crippen molar-refractivity contribution in [3.05, 3.63) is 66.1 Å². The molecule has 0 unspecified atom stereocenters. The maximum absolute atomic E-state index is 12.3. The molecule has 0 aliphatic rings. The zero-order chi connectivity index (χ0) is 16.2. The van der Waals surface area contributed by atoms with E-state index >= 15 is 0 Å². The number of nitrogens with one attached hydrogen (secondary N) is 1. The van der Waals surface area contributed by atoms with Gasteiger partial charge in [-0.3, -0.25) is 9.78 Å². The van der Waals surface area contributed by atoms with Crippen LogP contribution in [0.4, 0.5) is 11.5 Å². The number of pyridine rings is 1. The Labute approximate surface area is 133 Å². The first-order chi connectivity index (χ1) is 11.1. The minimum atomic E-state index is -0.339. The van der Waals surface area contributed by atoms with E-state index in [1.807, 2.05) is 31.2 Å². The van der Waals surface area contributed by atoms with Crippen molar-refractivity contribution in [2.75, 3.05) is 11.1 Å². The summed E-state index contributed by atoms with van der Waals surface area (Å²) in [5.41, 5.74) is 8.70. The molecule has 0 radical (unpaired) electrons. The third kappa shape index (κ3) is 3.32. The third-order valence-electron chi connectivity index (χ3n) is 3.28. The second-order valence-corrected chi connectivity index (χ2v) is 5.05. The second-order valence-electron chi connectivity index (χ2n) is 5.05. The molecule has 0 aliphatic heterocycles. The van der Waals surface area contributed by atoms with E-state index in [2.05, 4.69) is 20.3 Å². The van der Waals surface area contributed by atoms with E-state index in [1.165, 1.54) is 6.20 Å². The number of nitrogen functional groups attached to an aromatic ring is 1. The second kappa shape index (κ2) is 6.23. The number of nitrogens with zero attached hydrogens (tertiary/aromatic N) is 3. The number of benzene rings is 1. The summed E-state index contributed by atoms with van der Waals surface area (Å²) in [6.07, 6.45) is 4.73. The highest BCUT2D eigenvalue weighted by molar-refractivity contribution is 6.07. The number of carbonyl (C=O) groups excluding carboxylic acids is 1. The van der Waals surface area contributed by atoms with Crippen LogP contribution in [0.1, 0.15) is 15.9 Å². The van der Waals surface area contributed by atoms with Crippen LogP contribution in [0.5, 0.6) is 0 Å². The van der Waals surface area contributed by atoms with E-state index in [4.69, 9.17) is 5.73 Å². The van der Waals surface area contributed by atoms with E-state index in [-0.39, 0.29) is 17.3 Å². The maximum Gasteiger partial charge on any atom is 0.260 e. The van der Waals surface area contributed by atoms with Gasteiger partial charge in [0.1, 0.15) is 11.4 Å². The van der Waals surface area contributed by atoms with E-state index < -0.39 is 0 Å². The Hall–Kier alpha value is -3.28. The van der Waals surface area contributed by atoms with Gasteiger partial charge < -0.3 is 11.1 Å². The largest absolute Gasteiger partial charge is 0.383 e. The molecule has 6 heteroatoms. The van der Waals surface area contributed by atoms with Gasteiger partial charge in [0, 0.05) is 29.8 Å². The van der Waals surface area contributed by atoms with Gasteiger partial charge in [0.15, 0.2) is 5.82 Å². The Kier molecular flexibility index (Phi) is 3.97. The molecule has 0 saturated heterocycles. The lowest BCUT2D eigenvalue weighted by Gasteiger charge is -2.08. The first kappa shape index (κ1) is 14.6. The Morgan fingerprint density at radius 1 is 1.17 bits per heavy atom. The summed E-state index contributed by atoms with van der Waals surface area (Å²) >= 11 is 0. The van der Waals surface area contributed by atoms with E-state index in [0.29, 0.717) is 11.5 Å². The van der Waals surface area contributed by atoms with Crippen LogP contribution >= 0.6 is 0 Å². The Morgan fingerprint density at radius 3 is 2.65 bits per heavy atom. The van der Waals surface area contributed by atoms with Crippen LogP contribution in [0.2, 0.25) is 0 Å². The molecule has 0 atom stereocenters. The smallest absolute Gasteiger partial charge is 0.260 e. The fraction of sp³-hybridized carbons (Fsp3) is 0.0588. The minimum absolute atomic E-state index is 0.136. The molecule has 114 valence electrons. The molecule has 3 N–H and O–H groups in total. The first-order valence-corrected chi connectivity index (χ1v) is 7.04. The summed E-state index contributed by atoms with van der Waals surface area (Å²) in [6, 6.07) is 11.1. The molecule has 0 bridgehead atoms. The van der Waals surface area contributed by atoms with Crippen molar-refractivity contribution in [1.29, 1.82) is 0 Å². The zero-order valence-electron chi connectivity index (χ0n) is 12.5. The van der Waals surface area contributed by atoms with Crippen LogP contribution in [0.15, 0.2) is 55.0 Å². The molecule has 2 heterocycles. The molecule has 0 aliphatic carbocycles. The third-order valence-corrected chi connectivity index (χ3v) is 3.28. The standard InChI is InChI=1S/C17H15N5O/c1-11-3-2-4-13(9-11)21-17(23)14-10-20-16(22-15(14)18)12-5-7-19-8-6-12/h2-10H,1H3,(H,21,23)(H2,18,20,22). The molecule has 2 aromatic heterocycles. The fourth-order valence-electron chi connectivity index (χ4n) is 2.13. The normalized spacial score (nSPS) is 10.3. The summed E-state index contributed by atoms with van der Waals surface area (Å²) in [4.78, 5) is 24.7. The van der Waals surface area contributed by atoms with E-state index in [1.54, 1.807) is 24.5 Å². The zero-order valence-corrected chi connectivity index (χ0v) is 12.5. The lowest BCUT2D eigenvalue weighted by Crippen LogP contribution is -2.15. The topological polar surface area (TPSA) is 93.8 Å². The molecule has 0 fully saturated rings. The summed E-state index contributed by atoms with van der Waals surface area (Å²) in [7, 11) is 0. The van der Waals surface area contributed by atoms with Crippen molar-refractivity contribution < 1.29 is 4.79 Å². The van der Waals surface area contributed by atoms with Crippen LogP contribution in [0.25, 0.3) is 11.4 Å². The van der Waals surface area contributed by atoms with Gasteiger partial charge in [-0.15, -0.1) is 0 Å². The first-order valence-electron chi connectivity index (χ1n) is 7.04. The van der Waals surface area contributed by atoms with Crippen LogP contribution in [-0.4, -0.2) is 20.9 Å². The number of rotatable bonds is 3. The molecule has 0 spiro atoms. The Balaban J connectivity index is 1.84. The average molecular weight is 305 g/mol. The van der Waals surface area contributed by atoms with Gasteiger partial charge in [-0.25, -0.2) is 9.97 Å². The summed E-state index contributed by atoms with van der Waals surface area (Å²) in [5.74, 6) is 0.253. The van der Waals surface area contributed by atoms with Gasteiger partial charge in [0.25, 0.3) is 5.91 Å². The lowest BCUT2D eigenvalue weighted by molar-refractivity contribution is 0.102. The molecule has 6 nitrogen and oxygen atoms in total. The van der Waals surface area contributed by atoms with Crippen LogP contribution < -0.4 is 11.1 Å². The highest BCUT2D eigenvalue weighted by Crippen LogP contribution is 2.18. The van der Waals surface area contributed by atoms with Gasteiger partial charge in [0.05, 0.1) is 0 Å². The van der Waals surface area contributed by atoms with Crippen molar-refractivity contribution in [2.24, 2.45) is 0 Å². The number of amides is 1. The highest BCUT2D eigenvalue weighted by Gasteiger charge is 2.13. The van der Waals surface area contributed by atoms with E-state index in [0.717, 1.165) is 11.1 Å². The maximum atomic E-state index is 12.3. The number of hydrogen-bond acceptors (Lipinski definition) is 5. The monoisotopic (exact) mass is 305 g/mol. The van der Waals surface area contributed by atoms with Crippen LogP contribution in [0, 0.1) is 6.92 Å². The Morgan fingerprint density at radius 2 is 1.96 bits per heavy atom.